The van der Waals surface area contributed by atoms with Gasteiger partial charge in [0.2, 0.25) is 0 Å². The van der Waals surface area contributed by atoms with Crippen LogP contribution < -0.4 is 28.5 Å². The van der Waals surface area contributed by atoms with Gasteiger partial charge in [-0.2, -0.15) is 5.26 Å². The third kappa shape index (κ3) is 2.85. The minimum Gasteiger partial charge on any atom is -1.00 e. The first-order chi connectivity index (χ1) is 4.86. The van der Waals surface area contributed by atoms with E-state index in [1.807, 2.05) is 29.1 Å². The van der Waals surface area contributed by atoms with Crippen LogP contribution in [-0.2, 0) is 6.54 Å². The number of halogens is 1. The quantitative estimate of drug-likeness (QED) is 0.419. The molecule has 0 aliphatic rings. The summed E-state index contributed by atoms with van der Waals surface area (Å²) in [5, 5.41) is 8.44. The minimum absolute atomic E-state index is 0. The molecule has 0 amide bonds. The van der Waals surface area contributed by atoms with Gasteiger partial charge in [0.15, 0.2) is 12.4 Å². The third-order valence-electron chi connectivity index (χ3n) is 1.39. The summed E-state index contributed by atoms with van der Waals surface area (Å²) in [6.45, 7) is 3.01. The van der Waals surface area contributed by atoms with Crippen molar-refractivity contribution in [3.05, 3.63) is 30.1 Å². The van der Waals surface area contributed by atoms with Crippen molar-refractivity contribution in [3.63, 3.8) is 0 Å². The van der Waals surface area contributed by atoms with Crippen molar-refractivity contribution < 1.29 is 28.5 Å². The number of hydrogen-bond acceptors (Lipinski definition) is 1. The summed E-state index contributed by atoms with van der Waals surface area (Å²) < 4.78 is 2.01. The van der Waals surface area contributed by atoms with Gasteiger partial charge in [-0.25, -0.2) is 4.57 Å². The lowest BCUT2D eigenvalue weighted by atomic mass is 10.3. The van der Waals surface area contributed by atoms with Crippen LogP contribution in [0.1, 0.15) is 12.5 Å². The van der Waals surface area contributed by atoms with Crippen molar-refractivity contribution >= 4 is 0 Å². The Morgan fingerprint density at radius 1 is 1.45 bits per heavy atom. The molecule has 0 aromatic carbocycles. The van der Waals surface area contributed by atoms with E-state index in [4.69, 9.17) is 5.26 Å². The molecule has 1 heterocycles. The summed E-state index contributed by atoms with van der Waals surface area (Å²) in [7, 11) is 0. The molecule has 3 heteroatoms. The Labute approximate surface area is 83.5 Å². The molecule has 1 aromatic heterocycles. The van der Waals surface area contributed by atoms with Gasteiger partial charge >= 0.3 is 0 Å². The van der Waals surface area contributed by atoms with Gasteiger partial charge in [-0.15, -0.1) is 0 Å². The van der Waals surface area contributed by atoms with Crippen LogP contribution in [0.2, 0.25) is 0 Å². The van der Waals surface area contributed by atoms with Crippen LogP contribution in [0.4, 0.5) is 0 Å². The zero-order chi connectivity index (χ0) is 7.40. The molecular formula is C8H9IN2. The maximum Gasteiger partial charge on any atom is 0.170 e. The fourth-order valence-corrected chi connectivity index (χ4v) is 0.743. The van der Waals surface area contributed by atoms with E-state index in [1.54, 1.807) is 0 Å². The van der Waals surface area contributed by atoms with Crippen LogP contribution in [0, 0.1) is 11.3 Å². The Morgan fingerprint density at radius 2 is 2.00 bits per heavy atom. The average molecular weight is 260 g/mol. The predicted octanol–water partition coefficient (Wildman–Crippen LogP) is -2.13. The highest BCUT2D eigenvalue weighted by Gasteiger charge is 1.94. The molecule has 0 N–H and O–H groups in total. The number of nitriles is 1. The largest absolute Gasteiger partial charge is 1.00 e. The van der Waals surface area contributed by atoms with E-state index in [-0.39, 0.29) is 24.0 Å². The Bertz CT molecular complexity index is 248. The summed E-state index contributed by atoms with van der Waals surface area (Å²) in [4.78, 5) is 0. The Kier molecular flexibility index (Phi) is 4.79. The molecule has 0 spiro atoms. The SMILES string of the molecule is CC[n+]1ccc(C#N)cc1.[I-]. The van der Waals surface area contributed by atoms with Crippen LogP contribution in [0.5, 0.6) is 0 Å². The first-order valence-electron chi connectivity index (χ1n) is 3.26. The number of hydrogen-bond donors (Lipinski definition) is 0. The smallest absolute Gasteiger partial charge is 0.170 e. The van der Waals surface area contributed by atoms with Gasteiger partial charge in [-0.05, 0) is 6.92 Å². The summed E-state index contributed by atoms with van der Waals surface area (Å²) in [6, 6.07) is 5.68. The van der Waals surface area contributed by atoms with Crippen LogP contribution in [0.25, 0.3) is 0 Å². The van der Waals surface area contributed by atoms with Gasteiger partial charge < -0.3 is 24.0 Å². The Hall–Kier alpha value is -0.630. The molecule has 0 aliphatic heterocycles. The fourth-order valence-electron chi connectivity index (χ4n) is 0.743. The predicted molar refractivity (Wildman–Crippen MR) is 37.0 cm³/mol. The standard InChI is InChI=1S/C8H9N2.HI/c1-2-10-5-3-8(7-9)4-6-10;/h3-6H,2H2,1H3;1H/q+1;/p-1. The second-order valence-corrected chi connectivity index (χ2v) is 2.03. The maximum atomic E-state index is 8.44. The van der Waals surface area contributed by atoms with Gasteiger partial charge in [-0.1, -0.05) is 0 Å². The molecular weight excluding hydrogens is 251 g/mol. The minimum atomic E-state index is 0. The second-order valence-electron chi connectivity index (χ2n) is 2.03. The lowest BCUT2D eigenvalue weighted by Crippen LogP contribution is -3.00. The van der Waals surface area contributed by atoms with E-state index in [9.17, 15) is 0 Å². The van der Waals surface area contributed by atoms with Crippen molar-refractivity contribution in [2.45, 2.75) is 13.5 Å². The normalized spacial score (nSPS) is 8.00. The molecule has 0 aliphatic carbocycles. The lowest BCUT2D eigenvalue weighted by Gasteiger charge is -1.88. The summed E-state index contributed by atoms with van der Waals surface area (Å²) >= 11 is 0. The summed E-state index contributed by atoms with van der Waals surface area (Å²) in [5.74, 6) is 0. The summed E-state index contributed by atoms with van der Waals surface area (Å²) in [5.41, 5.74) is 0.713. The molecule has 0 bridgehead atoms. The topological polar surface area (TPSA) is 27.7 Å². The van der Waals surface area contributed by atoms with Crippen LogP contribution in [0.15, 0.2) is 24.5 Å². The van der Waals surface area contributed by atoms with Gasteiger partial charge in [0.05, 0.1) is 11.6 Å². The Balaban J connectivity index is 0.000001000. The highest BCUT2D eigenvalue weighted by Crippen LogP contribution is 1.89. The van der Waals surface area contributed by atoms with Gasteiger partial charge in [-0.3, -0.25) is 0 Å². The molecule has 1 rings (SSSR count). The molecule has 0 saturated heterocycles. The van der Waals surface area contributed by atoms with Crippen LogP contribution in [-0.4, -0.2) is 0 Å². The lowest BCUT2D eigenvalue weighted by molar-refractivity contribution is -0.693. The molecule has 11 heavy (non-hydrogen) atoms. The number of nitrogens with zero attached hydrogens (tertiary/aromatic N) is 2. The van der Waals surface area contributed by atoms with Gasteiger partial charge in [0.25, 0.3) is 0 Å². The number of aromatic nitrogens is 1. The average Bonchev–Trinajstić information content (AvgIpc) is 2.05. The summed E-state index contributed by atoms with van der Waals surface area (Å²) in [6.07, 6.45) is 3.80. The molecule has 58 valence electrons. The van der Waals surface area contributed by atoms with E-state index in [0.717, 1.165) is 6.54 Å². The molecule has 0 radical (unpaired) electrons. The van der Waals surface area contributed by atoms with Crippen LogP contribution >= 0.6 is 0 Å². The highest BCUT2D eigenvalue weighted by molar-refractivity contribution is 5.23. The monoisotopic (exact) mass is 260 g/mol. The molecule has 0 atom stereocenters. The van der Waals surface area contributed by atoms with Crippen molar-refractivity contribution in [1.82, 2.24) is 0 Å². The molecule has 0 fully saturated rings. The molecule has 2 nitrogen and oxygen atoms in total. The van der Waals surface area contributed by atoms with E-state index in [1.165, 1.54) is 0 Å². The highest BCUT2D eigenvalue weighted by atomic mass is 127. The fraction of sp³-hybridized carbons (Fsp3) is 0.250. The third-order valence-corrected chi connectivity index (χ3v) is 1.39. The zero-order valence-corrected chi connectivity index (χ0v) is 8.45. The van der Waals surface area contributed by atoms with Crippen LogP contribution in [0.3, 0.4) is 0 Å². The van der Waals surface area contributed by atoms with Gasteiger partial charge in [0, 0.05) is 12.1 Å². The molecule has 0 saturated carbocycles. The molecule has 0 unspecified atom stereocenters. The van der Waals surface area contributed by atoms with Crippen molar-refractivity contribution in [2.75, 3.05) is 0 Å². The van der Waals surface area contributed by atoms with E-state index in [2.05, 4.69) is 13.0 Å². The van der Waals surface area contributed by atoms with Crippen molar-refractivity contribution in [2.24, 2.45) is 0 Å². The van der Waals surface area contributed by atoms with Gasteiger partial charge in [0.1, 0.15) is 6.54 Å². The first-order valence-corrected chi connectivity index (χ1v) is 3.26. The van der Waals surface area contributed by atoms with E-state index in [0.29, 0.717) is 5.56 Å². The Morgan fingerprint density at radius 3 is 2.36 bits per heavy atom. The van der Waals surface area contributed by atoms with E-state index >= 15 is 0 Å². The second kappa shape index (κ2) is 5.08. The van der Waals surface area contributed by atoms with Crippen molar-refractivity contribution in [3.8, 4) is 6.07 Å². The first kappa shape index (κ1) is 10.4. The van der Waals surface area contributed by atoms with Crippen molar-refractivity contribution in [1.29, 1.82) is 5.26 Å². The van der Waals surface area contributed by atoms with E-state index < -0.39 is 0 Å². The number of pyridine rings is 1. The number of aryl methyl sites for hydroxylation is 1. The number of rotatable bonds is 1. The maximum absolute atomic E-state index is 8.44. The zero-order valence-electron chi connectivity index (χ0n) is 6.29. The molecule has 1 aromatic rings.